The van der Waals surface area contributed by atoms with Crippen molar-refractivity contribution in [2.24, 2.45) is 10.8 Å². The lowest BCUT2D eigenvalue weighted by Crippen LogP contribution is -2.10. The standard InChI is InChI=1S/C21H21N5/c1-16-2-8-19(9-3-16)26(20-10-4-17(14-22)5-11-20)21-12-6-18(7-13-21)15-24-25-23/h2-13H,14-15,22H2,1H3. The summed E-state index contributed by atoms with van der Waals surface area (Å²) < 4.78 is 0. The van der Waals surface area contributed by atoms with Crippen LogP contribution in [0.25, 0.3) is 10.4 Å². The smallest absolute Gasteiger partial charge is 0.0510 e. The van der Waals surface area contributed by atoms with Gasteiger partial charge in [0.05, 0.1) is 6.54 Å². The van der Waals surface area contributed by atoms with Gasteiger partial charge in [0.1, 0.15) is 0 Å². The van der Waals surface area contributed by atoms with Crippen molar-refractivity contribution in [2.75, 3.05) is 4.90 Å². The van der Waals surface area contributed by atoms with Crippen LogP contribution in [0, 0.1) is 6.92 Å². The fourth-order valence-electron chi connectivity index (χ4n) is 2.79. The minimum atomic E-state index is 0.354. The Hall–Kier alpha value is -3.27. The molecule has 0 aliphatic carbocycles. The number of aryl methyl sites for hydroxylation is 1. The maximum atomic E-state index is 8.47. The summed E-state index contributed by atoms with van der Waals surface area (Å²) in [5.41, 5.74) is 20.7. The maximum Gasteiger partial charge on any atom is 0.0510 e. The predicted molar refractivity (Wildman–Crippen MR) is 107 cm³/mol. The minimum absolute atomic E-state index is 0.354. The van der Waals surface area contributed by atoms with E-state index < -0.39 is 0 Å². The van der Waals surface area contributed by atoms with E-state index in [0.717, 1.165) is 28.2 Å². The highest BCUT2D eigenvalue weighted by atomic mass is 15.1. The number of nitrogens with two attached hydrogens (primary N) is 1. The number of hydrogen-bond donors (Lipinski definition) is 1. The van der Waals surface area contributed by atoms with E-state index in [9.17, 15) is 0 Å². The molecule has 0 bridgehead atoms. The summed E-state index contributed by atoms with van der Waals surface area (Å²) in [5.74, 6) is 0. The second kappa shape index (κ2) is 8.21. The average molecular weight is 343 g/mol. The first-order valence-electron chi connectivity index (χ1n) is 8.47. The van der Waals surface area contributed by atoms with Crippen LogP contribution in [0.1, 0.15) is 16.7 Å². The Balaban J connectivity index is 2.01. The molecular formula is C21H21N5. The summed E-state index contributed by atoms with van der Waals surface area (Å²) in [4.78, 5) is 5.00. The van der Waals surface area contributed by atoms with Gasteiger partial charge in [0.2, 0.25) is 0 Å². The Morgan fingerprint density at radius 1 is 0.808 bits per heavy atom. The van der Waals surface area contributed by atoms with Gasteiger partial charge in [-0.25, -0.2) is 0 Å². The van der Waals surface area contributed by atoms with E-state index >= 15 is 0 Å². The molecule has 0 heterocycles. The van der Waals surface area contributed by atoms with Crippen LogP contribution in [-0.2, 0) is 13.1 Å². The fourth-order valence-corrected chi connectivity index (χ4v) is 2.79. The molecule has 0 fully saturated rings. The second-order valence-corrected chi connectivity index (χ2v) is 6.10. The number of benzene rings is 3. The third-order valence-corrected chi connectivity index (χ3v) is 4.23. The molecule has 0 atom stereocenters. The molecule has 0 aromatic heterocycles. The number of anilines is 3. The van der Waals surface area contributed by atoms with E-state index in [4.69, 9.17) is 11.3 Å². The molecule has 0 unspecified atom stereocenters. The number of rotatable bonds is 6. The van der Waals surface area contributed by atoms with Gasteiger partial charge in [-0.1, -0.05) is 47.1 Å². The zero-order valence-electron chi connectivity index (χ0n) is 14.7. The molecule has 5 nitrogen and oxygen atoms in total. The summed E-state index contributed by atoms with van der Waals surface area (Å²) in [7, 11) is 0. The monoisotopic (exact) mass is 343 g/mol. The highest BCUT2D eigenvalue weighted by Gasteiger charge is 2.12. The molecule has 0 spiro atoms. The second-order valence-electron chi connectivity index (χ2n) is 6.10. The first-order valence-corrected chi connectivity index (χ1v) is 8.47. The quantitative estimate of drug-likeness (QED) is 0.352. The molecule has 0 radical (unpaired) electrons. The highest BCUT2D eigenvalue weighted by molar-refractivity contribution is 5.76. The molecule has 0 saturated heterocycles. The van der Waals surface area contributed by atoms with Crippen LogP contribution in [0.2, 0.25) is 0 Å². The van der Waals surface area contributed by atoms with Crippen molar-refractivity contribution >= 4 is 17.1 Å². The van der Waals surface area contributed by atoms with Crippen LogP contribution >= 0.6 is 0 Å². The van der Waals surface area contributed by atoms with Crippen LogP contribution in [0.4, 0.5) is 17.1 Å². The van der Waals surface area contributed by atoms with Crippen molar-refractivity contribution in [1.82, 2.24) is 0 Å². The number of hydrogen-bond acceptors (Lipinski definition) is 3. The van der Waals surface area contributed by atoms with Gasteiger partial charge in [-0.3, -0.25) is 0 Å². The number of azide groups is 1. The van der Waals surface area contributed by atoms with Gasteiger partial charge < -0.3 is 10.6 Å². The highest BCUT2D eigenvalue weighted by Crippen LogP contribution is 2.34. The Bertz CT molecular complexity index is 893. The first-order chi connectivity index (χ1) is 12.7. The van der Waals surface area contributed by atoms with E-state index in [1.54, 1.807) is 0 Å². The summed E-state index contributed by atoms with van der Waals surface area (Å²) in [5, 5.41) is 3.62. The van der Waals surface area contributed by atoms with Gasteiger partial charge in [0.15, 0.2) is 0 Å². The zero-order chi connectivity index (χ0) is 18.4. The van der Waals surface area contributed by atoms with Crippen LogP contribution in [-0.4, -0.2) is 0 Å². The molecule has 0 aliphatic heterocycles. The molecule has 3 aromatic carbocycles. The first kappa shape index (κ1) is 17.5. The molecular weight excluding hydrogens is 322 g/mol. The Morgan fingerprint density at radius 2 is 1.27 bits per heavy atom. The SMILES string of the molecule is Cc1ccc(N(c2ccc(CN)cc2)c2ccc(CN=[N+]=[N-])cc2)cc1. The molecule has 3 aromatic rings. The lowest BCUT2D eigenvalue weighted by atomic mass is 10.1. The molecule has 0 amide bonds. The topological polar surface area (TPSA) is 78.0 Å². The van der Waals surface area contributed by atoms with Gasteiger partial charge in [-0.2, -0.15) is 0 Å². The third-order valence-electron chi connectivity index (χ3n) is 4.23. The normalized spacial score (nSPS) is 10.2. The zero-order valence-corrected chi connectivity index (χ0v) is 14.7. The molecule has 26 heavy (non-hydrogen) atoms. The van der Waals surface area contributed by atoms with Crippen LogP contribution in [0.15, 0.2) is 77.9 Å². The van der Waals surface area contributed by atoms with E-state index in [1.807, 2.05) is 36.4 Å². The fraction of sp³-hybridized carbons (Fsp3) is 0.143. The summed E-state index contributed by atoms with van der Waals surface area (Å²) in [6.45, 7) is 2.96. The van der Waals surface area contributed by atoms with E-state index in [0.29, 0.717) is 13.1 Å². The van der Waals surface area contributed by atoms with Crippen LogP contribution in [0.3, 0.4) is 0 Å². The van der Waals surface area contributed by atoms with Gasteiger partial charge in [-0.15, -0.1) is 0 Å². The lowest BCUT2D eigenvalue weighted by molar-refractivity contribution is 1.05. The molecule has 0 aliphatic rings. The average Bonchev–Trinajstić information content (AvgIpc) is 2.69. The summed E-state index contributed by atoms with van der Waals surface area (Å²) in [6, 6.07) is 24.7. The van der Waals surface area contributed by atoms with E-state index in [1.165, 1.54) is 5.56 Å². The van der Waals surface area contributed by atoms with Crippen molar-refractivity contribution in [3.63, 3.8) is 0 Å². The Morgan fingerprint density at radius 3 is 1.73 bits per heavy atom. The van der Waals surface area contributed by atoms with E-state index in [2.05, 4.69) is 58.2 Å². The van der Waals surface area contributed by atoms with Crippen molar-refractivity contribution in [2.45, 2.75) is 20.0 Å². The van der Waals surface area contributed by atoms with Gasteiger partial charge >= 0.3 is 0 Å². The number of nitrogens with zero attached hydrogens (tertiary/aromatic N) is 4. The maximum absolute atomic E-state index is 8.47. The molecule has 3 rings (SSSR count). The molecule has 130 valence electrons. The van der Waals surface area contributed by atoms with Crippen LogP contribution < -0.4 is 10.6 Å². The van der Waals surface area contributed by atoms with Gasteiger partial charge in [-0.05, 0) is 60.0 Å². The predicted octanol–water partition coefficient (Wildman–Crippen LogP) is 5.73. The molecule has 2 N–H and O–H groups in total. The largest absolute Gasteiger partial charge is 0.326 e. The van der Waals surface area contributed by atoms with Crippen molar-refractivity contribution < 1.29 is 0 Å². The summed E-state index contributed by atoms with van der Waals surface area (Å²) in [6.07, 6.45) is 0. The van der Waals surface area contributed by atoms with Crippen molar-refractivity contribution in [3.8, 4) is 0 Å². The van der Waals surface area contributed by atoms with Crippen molar-refractivity contribution in [3.05, 3.63) is 99.9 Å². The van der Waals surface area contributed by atoms with E-state index in [-0.39, 0.29) is 0 Å². The van der Waals surface area contributed by atoms with Gasteiger partial charge in [0, 0.05) is 28.5 Å². The Labute approximate surface area is 153 Å². The minimum Gasteiger partial charge on any atom is -0.326 e. The van der Waals surface area contributed by atoms with Crippen LogP contribution in [0.5, 0.6) is 0 Å². The lowest BCUT2D eigenvalue weighted by Gasteiger charge is -2.26. The molecule has 5 heteroatoms. The summed E-state index contributed by atoms with van der Waals surface area (Å²) >= 11 is 0. The van der Waals surface area contributed by atoms with Crippen molar-refractivity contribution in [1.29, 1.82) is 0 Å². The third kappa shape index (κ3) is 4.03. The Kier molecular flexibility index (Phi) is 5.54. The molecule has 0 saturated carbocycles. The van der Waals surface area contributed by atoms with Gasteiger partial charge in [0.25, 0.3) is 0 Å².